The highest BCUT2D eigenvalue weighted by Gasteiger charge is 2.09. The predicted molar refractivity (Wildman–Crippen MR) is 95.5 cm³/mol. The van der Waals surface area contributed by atoms with Crippen LogP contribution >= 0.6 is 0 Å². The number of nitrogens with one attached hydrogen (secondary N) is 1. The van der Waals surface area contributed by atoms with E-state index in [0.29, 0.717) is 12.4 Å². The fourth-order valence-corrected chi connectivity index (χ4v) is 2.72. The summed E-state index contributed by atoms with van der Waals surface area (Å²) in [4.78, 5) is 2.47. The molecule has 126 valence electrons. The molecule has 0 unspecified atom stereocenters. The van der Waals surface area contributed by atoms with Crippen molar-refractivity contribution in [1.29, 1.82) is 0 Å². The molecule has 24 heavy (non-hydrogen) atoms. The van der Waals surface area contributed by atoms with Crippen LogP contribution in [-0.4, -0.2) is 37.7 Å². The van der Waals surface area contributed by atoms with Crippen LogP contribution in [0, 0.1) is 5.82 Å². The van der Waals surface area contributed by atoms with Gasteiger partial charge in [-0.2, -0.15) is 0 Å². The van der Waals surface area contributed by atoms with Gasteiger partial charge in [-0.1, -0.05) is 30.3 Å². The zero-order valence-corrected chi connectivity index (χ0v) is 13.7. The summed E-state index contributed by atoms with van der Waals surface area (Å²) in [5, 5.41) is 3.37. The lowest BCUT2D eigenvalue weighted by molar-refractivity contribution is 0.233. The molecule has 0 saturated carbocycles. The molecule has 0 aromatic heterocycles. The maximum Gasteiger partial charge on any atom is 0.123 e. The number of ether oxygens (including phenoxy) is 1. The molecule has 0 spiro atoms. The lowest BCUT2D eigenvalue weighted by Gasteiger charge is -2.27. The van der Waals surface area contributed by atoms with Gasteiger partial charge in [0.05, 0.1) is 0 Å². The van der Waals surface area contributed by atoms with Crippen LogP contribution in [-0.2, 0) is 6.54 Å². The number of rotatable bonds is 6. The Morgan fingerprint density at radius 3 is 2.42 bits per heavy atom. The smallest absolute Gasteiger partial charge is 0.123 e. The van der Waals surface area contributed by atoms with Crippen molar-refractivity contribution >= 4 is 6.08 Å². The van der Waals surface area contributed by atoms with Gasteiger partial charge in [0.25, 0.3) is 0 Å². The zero-order valence-electron chi connectivity index (χ0n) is 13.7. The normalized spacial score (nSPS) is 15.7. The van der Waals surface area contributed by atoms with Crippen LogP contribution in [0.3, 0.4) is 0 Å². The number of halogens is 1. The van der Waals surface area contributed by atoms with Crippen molar-refractivity contribution < 1.29 is 9.13 Å². The molecule has 1 saturated heterocycles. The van der Waals surface area contributed by atoms with Crippen molar-refractivity contribution in [3.8, 4) is 5.75 Å². The number of hydrogen-bond donors (Lipinski definition) is 1. The predicted octanol–water partition coefficient (Wildman–Crippen LogP) is 3.32. The first-order chi connectivity index (χ1) is 11.8. The maximum atomic E-state index is 12.8. The molecule has 4 heteroatoms. The van der Waals surface area contributed by atoms with Crippen LogP contribution in [0.5, 0.6) is 5.75 Å². The Bertz CT molecular complexity index is 646. The van der Waals surface area contributed by atoms with E-state index in [1.165, 1.54) is 17.7 Å². The van der Waals surface area contributed by atoms with E-state index in [1.807, 2.05) is 12.2 Å². The molecule has 2 aromatic rings. The van der Waals surface area contributed by atoms with Crippen molar-refractivity contribution in [1.82, 2.24) is 10.2 Å². The summed E-state index contributed by atoms with van der Waals surface area (Å²) in [6.07, 6.45) is 4.01. The minimum Gasteiger partial charge on any atom is -0.490 e. The van der Waals surface area contributed by atoms with Gasteiger partial charge in [-0.05, 0) is 41.5 Å². The Kier molecular flexibility index (Phi) is 5.99. The maximum absolute atomic E-state index is 12.8. The molecule has 0 aliphatic carbocycles. The Balaban J connectivity index is 1.45. The molecule has 0 atom stereocenters. The van der Waals surface area contributed by atoms with Gasteiger partial charge in [0.2, 0.25) is 0 Å². The van der Waals surface area contributed by atoms with Gasteiger partial charge in [0.1, 0.15) is 18.2 Å². The van der Waals surface area contributed by atoms with Gasteiger partial charge >= 0.3 is 0 Å². The fraction of sp³-hybridized carbons (Fsp3) is 0.300. The molecular formula is C20H23FN2O. The quantitative estimate of drug-likeness (QED) is 0.881. The van der Waals surface area contributed by atoms with Crippen LogP contribution in [0.25, 0.3) is 6.08 Å². The van der Waals surface area contributed by atoms with E-state index < -0.39 is 0 Å². The molecule has 1 aliphatic rings. The minimum atomic E-state index is -0.251. The van der Waals surface area contributed by atoms with Crippen LogP contribution < -0.4 is 10.1 Å². The van der Waals surface area contributed by atoms with Gasteiger partial charge in [-0.15, -0.1) is 0 Å². The standard InChI is InChI=1S/C20H23FN2O/c21-19-7-9-20(10-8-19)24-15-1-2-17-3-5-18(6-4-17)16-23-13-11-22-12-14-23/h1-10,22H,11-16H2/b2-1+. The van der Waals surface area contributed by atoms with Crippen LogP contribution in [0.4, 0.5) is 4.39 Å². The molecule has 1 heterocycles. The molecule has 0 radical (unpaired) electrons. The first-order valence-electron chi connectivity index (χ1n) is 8.36. The number of nitrogens with zero attached hydrogens (tertiary/aromatic N) is 1. The van der Waals surface area contributed by atoms with Crippen molar-refractivity contribution in [3.05, 3.63) is 71.6 Å². The van der Waals surface area contributed by atoms with E-state index in [-0.39, 0.29) is 5.82 Å². The number of benzene rings is 2. The second-order valence-electron chi connectivity index (χ2n) is 5.94. The van der Waals surface area contributed by atoms with Crippen LogP contribution in [0.1, 0.15) is 11.1 Å². The Hall–Kier alpha value is -2.17. The summed E-state index contributed by atoms with van der Waals surface area (Å²) in [7, 11) is 0. The lowest BCUT2D eigenvalue weighted by atomic mass is 10.1. The van der Waals surface area contributed by atoms with Crippen molar-refractivity contribution in [2.75, 3.05) is 32.8 Å². The van der Waals surface area contributed by atoms with E-state index in [9.17, 15) is 4.39 Å². The largest absolute Gasteiger partial charge is 0.490 e. The molecule has 1 N–H and O–H groups in total. The topological polar surface area (TPSA) is 24.5 Å². The Morgan fingerprint density at radius 1 is 1.00 bits per heavy atom. The average molecular weight is 326 g/mol. The SMILES string of the molecule is Fc1ccc(OC/C=C/c2ccc(CN3CCNCC3)cc2)cc1. The summed E-state index contributed by atoms with van der Waals surface area (Å²) in [6, 6.07) is 14.7. The third-order valence-electron chi connectivity index (χ3n) is 4.07. The molecule has 1 fully saturated rings. The van der Waals surface area contributed by atoms with E-state index in [1.54, 1.807) is 12.1 Å². The molecule has 0 bridgehead atoms. The second kappa shape index (κ2) is 8.62. The molecule has 3 rings (SSSR count). The summed E-state index contributed by atoms with van der Waals surface area (Å²) < 4.78 is 18.3. The van der Waals surface area contributed by atoms with Gasteiger partial charge in [0.15, 0.2) is 0 Å². The highest BCUT2D eigenvalue weighted by atomic mass is 19.1. The number of piperazine rings is 1. The number of hydrogen-bond acceptors (Lipinski definition) is 3. The van der Waals surface area contributed by atoms with Gasteiger partial charge < -0.3 is 10.1 Å². The summed E-state index contributed by atoms with van der Waals surface area (Å²) in [5.74, 6) is 0.422. The van der Waals surface area contributed by atoms with Crippen molar-refractivity contribution in [3.63, 3.8) is 0 Å². The molecule has 1 aliphatic heterocycles. The first kappa shape index (κ1) is 16.7. The third kappa shape index (κ3) is 5.18. The monoisotopic (exact) mass is 326 g/mol. The summed E-state index contributed by atoms with van der Waals surface area (Å²) >= 11 is 0. The molecular weight excluding hydrogens is 303 g/mol. The van der Waals surface area contributed by atoms with Gasteiger partial charge in [0, 0.05) is 32.7 Å². The third-order valence-corrected chi connectivity index (χ3v) is 4.07. The second-order valence-corrected chi connectivity index (χ2v) is 5.94. The molecule has 3 nitrogen and oxygen atoms in total. The molecule has 2 aromatic carbocycles. The minimum absolute atomic E-state index is 0.251. The van der Waals surface area contributed by atoms with E-state index in [4.69, 9.17) is 4.74 Å². The zero-order chi connectivity index (χ0) is 16.6. The van der Waals surface area contributed by atoms with Crippen molar-refractivity contribution in [2.24, 2.45) is 0 Å². The first-order valence-corrected chi connectivity index (χ1v) is 8.36. The van der Waals surface area contributed by atoms with Gasteiger partial charge in [-0.25, -0.2) is 4.39 Å². The fourth-order valence-electron chi connectivity index (χ4n) is 2.72. The highest BCUT2D eigenvalue weighted by molar-refractivity contribution is 5.49. The molecule has 0 amide bonds. The Labute approximate surface area is 142 Å². The lowest BCUT2D eigenvalue weighted by Crippen LogP contribution is -2.42. The van der Waals surface area contributed by atoms with Crippen LogP contribution in [0.15, 0.2) is 54.6 Å². The Morgan fingerprint density at radius 2 is 1.71 bits per heavy atom. The van der Waals surface area contributed by atoms with E-state index in [2.05, 4.69) is 34.5 Å². The van der Waals surface area contributed by atoms with Crippen LogP contribution in [0.2, 0.25) is 0 Å². The highest BCUT2D eigenvalue weighted by Crippen LogP contribution is 2.12. The van der Waals surface area contributed by atoms with E-state index >= 15 is 0 Å². The van der Waals surface area contributed by atoms with Crippen molar-refractivity contribution in [2.45, 2.75) is 6.54 Å². The summed E-state index contributed by atoms with van der Waals surface area (Å²) in [5.41, 5.74) is 2.50. The summed E-state index contributed by atoms with van der Waals surface area (Å²) in [6.45, 7) is 5.86. The van der Waals surface area contributed by atoms with Gasteiger partial charge in [-0.3, -0.25) is 4.90 Å². The average Bonchev–Trinajstić information content (AvgIpc) is 2.62. The van der Waals surface area contributed by atoms with E-state index in [0.717, 1.165) is 38.3 Å².